The van der Waals surface area contributed by atoms with Crippen LogP contribution in [0.15, 0.2) is 46.9 Å². The lowest BCUT2D eigenvalue weighted by atomic mass is 10.1. The molecular weight excluding hydrogens is 246 g/mol. The Bertz CT molecular complexity index is 737. The molecule has 0 bridgehead atoms. The normalized spacial score (nSPS) is 16.2. The average molecular weight is 265 g/mol. The molecule has 20 heavy (non-hydrogen) atoms. The van der Waals surface area contributed by atoms with Crippen molar-refractivity contribution in [3.05, 3.63) is 42.5 Å². The second kappa shape index (κ2) is 4.86. The van der Waals surface area contributed by atoms with Crippen LogP contribution in [0.4, 0.5) is 5.69 Å². The number of hydrogen-bond acceptors (Lipinski definition) is 2. The summed E-state index contributed by atoms with van der Waals surface area (Å²) in [6, 6.07) is 14.7. The first-order valence-corrected chi connectivity index (χ1v) is 7.55. The summed E-state index contributed by atoms with van der Waals surface area (Å²) in [5, 5.41) is 6.00. The molecule has 2 heteroatoms. The van der Waals surface area contributed by atoms with E-state index in [4.69, 9.17) is 4.42 Å². The molecule has 1 aliphatic rings. The monoisotopic (exact) mass is 265 g/mol. The fourth-order valence-corrected chi connectivity index (χ4v) is 3.31. The molecule has 3 aromatic rings. The van der Waals surface area contributed by atoms with Gasteiger partial charge in [-0.3, -0.25) is 0 Å². The Morgan fingerprint density at radius 3 is 2.65 bits per heavy atom. The molecule has 1 aliphatic carbocycles. The Hall–Kier alpha value is -1.96. The topological polar surface area (TPSA) is 25.2 Å². The number of benzene rings is 2. The minimum Gasteiger partial charge on any atom is -0.456 e. The minimum atomic E-state index is 0.854. The van der Waals surface area contributed by atoms with Crippen molar-refractivity contribution < 1.29 is 4.42 Å². The molecule has 2 nitrogen and oxygen atoms in total. The van der Waals surface area contributed by atoms with Crippen molar-refractivity contribution in [3.8, 4) is 0 Å². The zero-order valence-corrected chi connectivity index (χ0v) is 11.6. The Labute approximate surface area is 118 Å². The van der Waals surface area contributed by atoms with Gasteiger partial charge in [-0.25, -0.2) is 0 Å². The van der Waals surface area contributed by atoms with Gasteiger partial charge in [-0.2, -0.15) is 0 Å². The molecule has 1 N–H and O–H groups in total. The molecule has 1 fully saturated rings. The summed E-state index contributed by atoms with van der Waals surface area (Å²) in [5.41, 5.74) is 3.14. The summed E-state index contributed by atoms with van der Waals surface area (Å²) < 4.78 is 5.86. The predicted octanol–water partition coefficient (Wildman–Crippen LogP) is 5.19. The van der Waals surface area contributed by atoms with Crippen molar-refractivity contribution in [2.24, 2.45) is 5.92 Å². The van der Waals surface area contributed by atoms with Gasteiger partial charge >= 0.3 is 0 Å². The van der Waals surface area contributed by atoms with Gasteiger partial charge in [-0.15, -0.1) is 0 Å². The zero-order chi connectivity index (χ0) is 13.4. The molecule has 0 unspecified atom stereocenters. The van der Waals surface area contributed by atoms with Crippen molar-refractivity contribution in [3.63, 3.8) is 0 Å². The third kappa shape index (κ3) is 2.05. The van der Waals surface area contributed by atoms with Gasteiger partial charge in [0.2, 0.25) is 0 Å². The third-order valence-electron chi connectivity index (χ3n) is 4.45. The maximum Gasteiger partial charge on any atom is 0.135 e. The van der Waals surface area contributed by atoms with Crippen molar-refractivity contribution in [2.75, 3.05) is 11.9 Å². The minimum absolute atomic E-state index is 0.854. The molecule has 0 amide bonds. The number of fused-ring (bicyclic) bond motifs is 3. The first-order chi connectivity index (χ1) is 9.90. The van der Waals surface area contributed by atoms with Gasteiger partial charge in [0.15, 0.2) is 0 Å². The highest BCUT2D eigenvalue weighted by Crippen LogP contribution is 2.31. The van der Waals surface area contributed by atoms with Crippen LogP contribution in [0.2, 0.25) is 0 Å². The van der Waals surface area contributed by atoms with E-state index in [0.717, 1.165) is 23.6 Å². The van der Waals surface area contributed by atoms with Crippen molar-refractivity contribution in [1.82, 2.24) is 0 Å². The summed E-state index contributed by atoms with van der Waals surface area (Å²) in [6.45, 7) is 1.10. The van der Waals surface area contributed by atoms with Gasteiger partial charge < -0.3 is 9.73 Å². The fraction of sp³-hybridized carbons (Fsp3) is 0.333. The van der Waals surface area contributed by atoms with E-state index < -0.39 is 0 Å². The largest absolute Gasteiger partial charge is 0.456 e. The lowest BCUT2D eigenvalue weighted by Crippen LogP contribution is -2.10. The summed E-state index contributed by atoms with van der Waals surface area (Å²) in [5.74, 6) is 0.854. The van der Waals surface area contributed by atoms with Gasteiger partial charge in [0.1, 0.15) is 11.2 Å². The van der Waals surface area contributed by atoms with Gasteiger partial charge in [-0.05, 0) is 43.0 Å². The maximum atomic E-state index is 5.86. The summed E-state index contributed by atoms with van der Waals surface area (Å²) >= 11 is 0. The second-order valence-electron chi connectivity index (χ2n) is 5.84. The SMILES string of the molecule is c1ccc2c(c1)oc1ccc(NCC3CCCC3)cc12. The number of hydrogen-bond donors (Lipinski definition) is 1. The predicted molar refractivity (Wildman–Crippen MR) is 84.2 cm³/mol. The van der Waals surface area contributed by atoms with Crippen LogP contribution in [0.5, 0.6) is 0 Å². The van der Waals surface area contributed by atoms with Gasteiger partial charge in [0.25, 0.3) is 0 Å². The van der Waals surface area contributed by atoms with Crippen molar-refractivity contribution in [2.45, 2.75) is 25.7 Å². The van der Waals surface area contributed by atoms with E-state index in [2.05, 4.69) is 35.6 Å². The Balaban J connectivity index is 1.65. The van der Waals surface area contributed by atoms with Crippen molar-refractivity contribution >= 4 is 27.6 Å². The number of furan rings is 1. The van der Waals surface area contributed by atoms with Crippen LogP contribution in [-0.4, -0.2) is 6.54 Å². The highest BCUT2D eigenvalue weighted by Gasteiger charge is 2.14. The van der Waals surface area contributed by atoms with E-state index in [0.29, 0.717) is 0 Å². The molecule has 2 aromatic carbocycles. The molecule has 1 heterocycles. The molecule has 0 spiro atoms. The summed E-state index contributed by atoms with van der Waals surface area (Å²) in [4.78, 5) is 0. The van der Waals surface area contributed by atoms with Crippen LogP contribution in [-0.2, 0) is 0 Å². The first-order valence-electron chi connectivity index (χ1n) is 7.55. The highest BCUT2D eigenvalue weighted by atomic mass is 16.3. The van der Waals surface area contributed by atoms with Gasteiger partial charge in [0.05, 0.1) is 0 Å². The Morgan fingerprint density at radius 1 is 0.950 bits per heavy atom. The molecule has 0 aliphatic heterocycles. The van der Waals surface area contributed by atoms with E-state index in [1.165, 1.54) is 42.1 Å². The van der Waals surface area contributed by atoms with Crippen LogP contribution in [0.25, 0.3) is 21.9 Å². The molecule has 1 aromatic heterocycles. The van der Waals surface area contributed by atoms with E-state index in [1.807, 2.05) is 12.1 Å². The van der Waals surface area contributed by atoms with Crippen LogP contribution in [0.3, 0.4) is 0 Å². The molecule has 0 saturated heterocycles. The van der Waals surface area contributed by atoms with Gasteiger partial charge in [0, 0.05) is 23.0 Å². The van der Waals surface area contributed by atoms with Gasteiger partial charge in [-0.1, -0.05) is 31.0 Å². The fourth-order valence-electron chi connectivity index (χ4n) is 3.31. The zero-order valence-electron chi connectivity index (χ0n) is 11.6. The summed E-state index contributed by atoms with van der Waals surface area (Å²) in [7, 11) is 0. The number of anilines is 1. The third-order valence-corrected chi connectivity index (χ3v) is 4.45. The quantitative estimate of drug-likeness (QED) is 0.705. The van der Waals surface area contributed by atoms with Crippen LogP contribution in [0.1, 0.15) is 25.7 Å². The Kier molecular flexibility index (Phi) is 2.87. The molecular formula is C18H19NO. The molecule has 0 atom stereocenters. The standard InChI is InChI=1S/C18H19NO/c1-2-6-13(5-1)12-19-14-9-10-18-16(11-14)15-7-3-4-8-17(15)20-18/h3-4,7-11,13,19H,1-2,5-6,12H2. The second-order valence-corrected chi connectivity index (χ2v) is 5.84. The molecule has 1 saturated carbocycles. The average Bonchev–Trinajstić information content (AvgIpc) is 3.12. The van der Waals surface area contributed by atoms with E-state index in [9.17, 15) is 0 Å². The smallest absolute Gasteiger partial charge is 0.135 e. The lowest BCUT2D eigenvalue weighted by molar-refractivity contribution is 0.580. The lowest BCUT2D eigenvalue weighted by Gasteiger charge is -2.11. The van der Waals surface area contributed by atoms with Crippen LogP contribution >= 0.6 is 0 Å². The highest BCUT2D eigenvalue weighted by molar-refractivity contribution is 6.05. The maximum absolute atomic E-state index is 5.86. The molecule has 4 rings (SSSR count). The number of rotatable bonds is 3. The van der Waals surface area contributed by atoms with Crippen LogP contribution in [0, 0.1) is 5.92 Å². The van der Waals surface area contributed by atoms with E-state index in [-0.39, 0.29) is 0 Å². The van der Waals surface area contributed by atoms with E-state index in [1.54, 1.807) is 0 Å². The molecule has 102 valence electrons. The number of para-hydroxylation sites is 1. The Morgan fingerprint density at radius 2 is 1.75 bits per heavy atom. The van der Waals surface area contributed by atoms with Crippen molar-refractivity contribution in [1.29, 1.82) is 0 Å². The summed E-state index contributed by atoms with van der Waals surface area (Å²) in [6.07, 6.45) is 5.56. The van der Waals surface area contributed by atoms with E-state index >= 15 is 0 Å². The first kappa shape index (κ1) is 11.8. The number of nitrogens with one attached hydrogen (secondary N) is 1. The molecule has 0 radical (unpaired) electrons. The van der Waals surface area contributed by atoms with Crippen LogP contribution < -0.4 is 5.32 Å².